The van der Waals surface area contributed by atoms with E-state index in [4.69, 9.17) is 4.74 Å². The quantitative estimate of drug-likeness (QED) is 0.575. The molecule has 0 amide bonds. The highest BCUT2D eigenvalue weighted by molar-refractivity contribution is 5.91. The smallest absolute Gasteiger partial charge is 0.155 e. The second-order valence-electron chi connectivity index (χ2n) is 13.5. The van der Waals surface area contributed by atoms with Crippen LogP contribution in [-0.2, 0) is 9.53 Å². The van der Waals surface area contributed by atoms with Crippen molar-refractivity contribution in [2.24, 2.45) is 45.8 Å². The normalized spacial score (nSPS) is 61.7. The highest BCUT2D eigenvalue weighted by Crippen LogP contribution is 2.87. The van der Waals surface area contributed by atoms with Gasteiger partial charge in [-0.1, -0.05) is 33.3 Å². The minimum absolute atomic E-state index is 0.0888. The summed E-state index contributed by atoms with van der Waals surface area (Å²) in [6.07, 6.45) is 13.6. The van der Waals surface area contributed by atoms with E-state index in [9.17, 15) is 4.79 Å². The van der Waals surface area contributed by atoms with Crippen LogP contribution in [0.5, 0.6) is 0 Å². The van der Waals surface area contributed by atoms with Gasteiger partial charge in [0.05, 0.1) is 11.7 Å². The van der Waals surface area contributed by atoms with Crippen LogP contribution in [0.3, 0.4) is 0 Å². The molecule has 6 fully saturated rings. The lowest BCUT2D eigenvalue weighted by Crippen LogP contribution is -2.53. The number of ether oxygens (including phenoxy) is 1. The Balaban J connectivity index is 1.24. The van der Waals surface area contributed by atoms with Crippen LogP contribution in [0.4, 0.5) is 0 Å². The topological polar surface area (TPSA) is 38.3 Å². The van der Waals surface area contributed by atoms with Crippen LogP contribution in [0.1, 0.15) is 85.5 Å². The number of fused-ring (bicyclic) bond motifs is 6. The molecule has 4 saturated carbocycles. The fourth-order valence-electron chi connectivity index (χ4n) is 11.0. The van der Waals surface area contributed by atoms with Gasteiger partial charge in [0.2, 0.25) is 0 Å². The molecule has 0 aromatic carbocycles. The van der Waals surface area contributed by atoms with Gasteiger partial charge in [0.1, 0.15) is 0 Å². The van der Waals surface area contributed by atoms with Crippen LogP contribution < -0.4 is 5.32 Å². The maximum Gasteiger partial charge on any atom is 0.155 e. The molecule has 7 aliphatic rings. The molecule has 7 rings (SSSR count). The van der Waals surface area contributed by atoms with Gasteiger partial charge in [0, 0.05) is 23.8 Å². The van der Waals surface area contributed by atoms with Crippen LogP contribution >= 0.6 is 0 Å². The third kappa shape index (κ3) is 2.13. The van der Waals surface area contributed by atoms with Gasteiger partial charge in [-0.15, -0.1) is 0 Å². The van der Waals surface area contributed by atoms with Crippen molar-refractivity contribution in [3.05, 3.63) is 11.6 Å². The Morgan fingerprint density at radius 3 is 2.77 bits per heavy atom. The SMILES string of the molecule is C[C@@H]1CNC2[C@@H](C)[C@@]3(CC[C@H]4[C@H]5CCC6=CC(=O)CC[C@]6(C)[C@H]5CC45CC53C)O[C@@H]2C1. The molecule has 2 spiro atoms. The summed E-state index contributed by atoms with van der Waals surface area (Å²) in [4.78, 5) is 12.2. The van der Waals surface area contributed by atoms with Gasteiger partial charge < -0.3 is 10.1 Å². The third-order valence-corrected chi connectivity index (χ3v) is 12.6. The number of rotatable bonds is 0. The summed E-state index contributed by atoms with van der Waals surface area (Å²) in [7, 11) is 0. The number of allylic oxidation sites excluding steroid dienone is 2. The fourth-order valence-corrected chi connectivity index (χ4v) is 11.0. The van der Waals surface area contributed by atoms with Gasteiger partial charge >= 0.3 is 0 Å². The van der Waals surface area contributed by atoms with Gasteiger partial charge in [-0.3, -0.25) is 4.79 Å². The van der Waals surface area contributed by atoms with Crippen molar-refractivity contribution in [1.82, 2.24) is 5.32 Å². The molecule has 2 saturated heterocycles. The molecule has 2 aliphatic heterocycles. The number of ketones is 1. The molecule has 1 N–H and O–H groups in total. The highest BCUT2D eigenvalue weighted by atomic mass is 16.5. The summed E-state index contributed by atoms with van der Waals surface area (Å²) in [5, 5.41) is 3.90. The van der Waals surface area contributed by atoms with Crippen molar-refractivity contribution in [2.45, 2.75) is 103 Å². The van der Waals surface area contributed by atoms with Gasteiger partial charge in [-0.25, -0.2) is 0 Å². The van der Waals surface area contributed by atoms with Crippen LogP contribution in [0, 0.1) is 45.8 Å². The van der Waals surface area contributed by atoms with Crippen LogP contribution in [0.15, 0.2) is 11.6 Å². The Hall–Kier alpha value is -0.670. The van der Waals surface area contributed by atoms with Crippen molar-refractivity contribution < 1.29 is 9.53 Å². The maximum atomic E-state index is 12.2. The monoisotopic (exact) mass is 423 g/mol. The predicted octanol–water partition coefficient (Wildman–Crippen LogP) is 5.29. The first-order valence-electron chi connectivity index (χ1n) is 13.4. The molecule has 3 unspecified atom stereocenters. The standard InChI is InChI=1S/C28H41NO2/c1-16-11-23-24(29-14-16)17(2)28(31-23)10-8-21-20-6-5-18-12-19(30)7-9-25(18,3)22(20)13-27(21)15-26(27,28)4/h12,16-17,20-24,29H,5-11,13-15H2,1-4H3/t16-,17+,20+,21-,22-,23+,24?,25-,26?,27?,28+/m0/s1. The first kappa shape index (κ1) is 19.8. The van der Waals surface area contributed by atoms with Crippen LogP contribution in [0.2, 0.25) is 0 Å². The number of nitrogens with one attached hydrogen (secondary N) is 1. The molecule has 0 radical (unpaired) electrons. The maximum absolute atomic E-state index is 12.2. The van der Waals surface area contributed by atoms with E-state index in [1.54, 1.807) is 0 Å². The molecule has 2 heterocycles. The predicted molar refractivity (Wildman–Crippen MR) is 121 cm³/mol. The lowest BCUT2D eigenvalue weighted by atomic mass is 9.56. The average Bonchev–Trinajstić information content (AvgIpc) is 3.08. The summed E-state index contributed by atoms with van der Waals surface area (Å²) in [6, 6.07) is 0.558. The van der Waals surface area contributed by atoms with Crippen molar-refractivity contribution >= 4 is 5.78 Å². The number of hydrogen-bond acceptors (Lipinski definition) is 3. The van der Waals surface area contributed by atoms with Gasteiger partial charge in [0.15, 0.2) is 5.78 Å². The van der Waals surface area contributed by atoms with E-state index >= 15 is 0 Å². The Labute approximate surface area is 188 Å². The van der Waals surface area contributed by atoms with Crippen LogP contribution in [0.25, 0.3) is 0 Å². The van der Waals surface area contributed by atoms with E-state index in [-0.39, 0.29) is 11.0 Å². The van der Waals surface area contributed by atoms with Crippen molar-refractivity contribution in [2.75, 3.05) is 6.54 Å². The van der Waals surface area contributed by atoms with Gasteiger partial charge in [-0.05, 0) is 98.5 Å². The first-order chi connectivity index (χ1) is 14.7. The summed E-state index contributed by atoms with van der Waals surface area (Å²) >= 11 is 0. The zero-order chi connectivity index (χ0) is 21.4. The molecule has 0 aromatic rings. The van der Waals surface area contributed by atoms with Gasteiger partial charge in [-0.2, -0.15) is 0 Å². The minimum atomic E-state index is 0.0888. The highest BCUT2D eigenvalue weighted by Gasteiger charge is 2.84. The van der Waals surface area contributed by atoms with E-state index < -0.39 is 0 Å². The summed E-state index contributed by atoms with van der Waals surface area (Å²) < 4.78 is 7.22. The third-order valence-electron chi connectivity index (χ3n) is 12.6. The van der Waals surface area contributed by atoms with Crippen molar-refractivity contribution in [3.63, 3.8) is 0 Å². The van der Waals surface area contributed by atoms with E-state index in [0.29, 0.717) is 34.7 Å². The molecule has 31 heavy (non-hydrogen) atoms. The minimum Gasteiger partial charge on any atom is -0.369 e. The Morgan fingerprint density at radius 1 is 1.10 bits per heavy atom. The van der Waals surface area contributed by atoms with Crippen LogP contribution in [-0.4, -0.2) is 30.1 Å². The lowest BCUT2D eigenvalue weighted by Gasteiger charge is -2.50. The molecule has 3 nitrogen and oxygen atoms in total. The zero-order valence-corrected chi connectivity index (χ0v) is 20.0. The second kappa shape index (κ2) is 5.87. The largest absolute Gasteiger partial charge is 0.369 e. The molecule has 0 bridgehead atoms. The lowest BCUT2D eigenvalue weighted by molar-refractivity contribution is -0.147. The van der Waals surface area contributed by atoms with Crippen molar-refractivity contribution in [1.29, 1.82) is 0 Å². The summed E-state index contributed by atoms with van der Waals surface area (Å²) in [5.41, 5.74) is 2.74. The Bertz CT molecular complexity index is 880. The first-order valence-corrected chi connectivity index (χ1v) is 13.4. The fraction of sp³-hybridized carbons (Fsp3) is 0.893. The van der Waals surface area contributed by atoms with Crippen molar-refractivity contribution in [3.8, 4) is 0 Å². The number of carbonyl (C=O) groups excluding carboxylic acids is 1. The molecule has 0 aromatic heterocycles. The summed E-state index contributed by atoms with van der Waals surface area (Å²) in [6.45, 7) is 11.2. The van der Waals surface area contributed by atoms with E-state index in [1.165, 1.54) is 50.5 Å². The molecule has 5 aliphatic carbocycles. The molecule has 170 valence electrons. The Morgan fingerprint density at radius 2 is 1.94 bits per heavy atom. The number of carbonyl (C=O) groups is 1. The molecule has 3 heteroatoms. The second-order valence-corrected chi connectivity index (χ2v) is 13.5. The average molecular weight is 424 g/mol. The molecular formula is C28H41NO2. The number of hydrogen-bond donors (Lipinski definition) is 1. The van der Waals surface area contributed by atoms with Gasteiger partial charge in [0.25, 0.3) is 0 Å². The molecular weight excluding hydrogens is 382 g/mol. The molecule has 11 atom stereocenters. The van der Waals surface area contributed by atoms with E-state index in [2.05, 4.69) is 39.1 Å². The number of piperidine rings is 1. The summed E-state index contributed by atoms with van der Waals surface area (Å²) in [5.74, 6) is 4.30. The van der Waals surface area contributed by atoms with E-state index in [1.807, 2.05) is 0 Å². The Kier molecular flexibility index (Phi) is 3.74. The van der Waals surface area contributed by atoms with E-state index in [0.717, 1.165) is 43.1 Å². The zero-order valence-electron chi connectivity index (χ0n) is 20.0.